The van der Waals surface area contributed by atoms with Crippen LogP contribution in [-0.4, -0.2) is 85.8 Å². The number of carboxylic acids is 1. The van der Waals surface area contributed by atoms with Gasteiger partial charge in [0.15, 0.2) is 0 Å². The Labute approximate surface area is 215 Å². The van der Waals surface area contributed by atoms with Gasteiger partial charge in [-0.2, -0.15) is 17.5 Å². The lowest BCUT2D eigenvalue weighted by Gasteiger charge is -2.29. The van der Waals surface area contributed by atoms with Crippen molar-refractivity contribution in [1.82, 2.24) is 14.5 Å². The van der Waals surface area contributed by atoms with E-state index in [-0.39, 0.29) is 18.2 Å². The van der Waals surface area contributed by atoms with Crippen LogP contribution in [0.5, 0.6) is 0 Å². The van der Waals surface area contributed by atoms with Crippen molar-refractivity contribution < 1.29 is 36.3 Å². The summed E-state index contributed by atoms with van der Waals surface area (Å²) in [6.07, 6.45) is -3.45. The minimum Gasteiger partial charge on any atom is -0.475 e. The standard InChI is InChI=1S/C23H31N3O3S.C2HF3O2/c1-20-8-5-6-12-22(20)23(27)25(15-7-11-21-9-3-2-4-10-21)18-19-30(28,29)26-16-13-24-14-17-26;3-2(4,5)1(6)7/h2-6,8-10,12,24H,7,11,13-19H2,1H3;(H,6,7). The van der Waals surface area contributed by atoms with Gasteiger partial charge in [-0.25, -0.2) is 13.2 Å². The molecule has 0 aliphatic carbocycles. The molecule has 1 aliphatic heterocycles. The van der Waals surface area contributed by atoms with E-state index in [1.807, 2.05) is 49.4 Å². The number of carbonyl (C=O) groups is 2. The summed E-state index contributed by atoms with van der Waals surface area (Å²) in [6.45, 7) is 4.95. The molecule has 0 spiro atoms. The molecule has 3 rings (SSSR count). The van der Waals surface area contributed by atoms with Gasteiger partial charge < -0.3 is 15.3 Å². The smallest absolute Gasteiger partial charge is 0.475 e. The highest BCUT2D eigenvalue weighted by Gasteiger charge is 2.38. The topological polar surface area (TPSA) is 107 Å². The summed E-state index contributed by atoms with van der Waals surface area (Å²) in [6, 6.07) is 17.6. The van der Waals surface area contributed by atoms with E-state index < -0.39 is 22.2 Å². The number of piperazine rings is 1. The summed E-state index contributed by atoms with van der Waals surface area (Å²) in [5.41, 5.74) is 2.76. The zero-order valence-electron chi connectivity index (χ0n) is 20.6. The molecule has 204 valence electrons. The average molecular weight is 544 g/mol. The van der Waals surface area contributed by atoms with Crippen LogP contribution in [0.25, 0.3) is 0 Å². The molecule has 8 nitrogen and oxygen atoms in total. The number of carbonyl (C=O) groups excluding carboxylic acids is 1. The van der Waals surface area contributed by atoms with Gasteiger partial charge in [0, 0.05) is 44.8 Å². The van der Waals surface area contributed by atoms with E-state index in [4.69, 9.17) is 9.90 Å². The maximum atomic E-state index is 13.2. The monoisotopic (exact) mass is 543 g/mol. The van der Waals surface area contributed by atoms with Crippen LogP contribution in [0.15, 0.2) is 54.6 Å². The van der Waals surface area contributed by atoms with Crippen LogP contribution in [-0.2, 0) is 21.2 Å². The Balaban J connectivity index is 0.000000604. The fourth-order valence-corrected chi connectivity index (χ4v) is 5.14. The average Bonchev–Trinajstić information content (AvgIpc) is 2.87. The predicted molar refractivity (Wildman–Crippen MR) is 134 cm³/mol. The van der Waals surface area contributed by atoms with Gasteiger partial charge in [-0.3, -0.25) is 4.79 Å². The number of hydrogen-bond donors (Lipinski definition) is 2. The first-order chi connectivity index (χ1) is 17.4. The largest absolute Gasteiger partial charge is 0.490 e. The molecule has 1 heterocycles. The van der Waals surface area contributed by atoms with Crippen molar-refractivity contribution in [3.05, 3.63) is 71.3 Å². The highest BCUT2D eigenvalue weighted by atomic mass is 32.2. The van der Waals surface area contributed by atoms with E-state index in [1.54, 1.807) is 4.90 Å². The summed E-state index contributed by atoms with van der Waals surface area (Å²) in [7, 11) is -3.38. The zero-order valence-corrected chi connectivity index (χ0v) is 21.4. The Morgan fingerprint density at radius 3 is 2.14 bits per heavy atom. The molecule has 1 saturated heterocycles. The van der Waals surface area contributed by atoms with Crippen LogP contribution >= 0.6 is 0 Å². The molecule has 0 bridgehead atoms. The van der Waals surface area contributed by atoms with Crippen molar-refractivity contribution in [2.24, 2.45) is 0 Å². The summed E-state index contributed by atoms with van der Waals surface area (Å²) in [5.74, 6) is -2.90. The molecule has 0 unspecified atom stereocenters. The van der Waals surface area contributed by atoms with Crippen LogP contribution in [0.2, 0.25) is 0 Å². The van der Waals surface area contributed by atoms with Crippen LogP contribution in [0, 0.1) is 6.92 Å². The van der Waals surface area contributed by atoms with Crippen molar-refractivity contribution in [1.29, 1.82) is 0 Å². The summed E-state index contributed by atoms with van der Waals surface area (Å²) < 4.78 is 58.8. The number of nitrogens with zero attached hydrogens (tertiary/aromatic N) is 2. The van der Waals surface area contributed by atoms with Crippen molar-refractivity contribution in [3.63, 3.8) is 0 Å². The number of rotatable bonds is 9. The lowest BCUT2D eigenvalue weighted by Crippen LogP contribution is -2.48. The number of amides is 1. The fourth-order valence-electron chi connectivity index (χ4n) is 3.69. The molecule has 1 amide bonds. The predicted octanol–water partition coefficient (Wildman–Crippen LogP) is 2.94. The second-order valence-corrected chi connectivity index (χ2v) is 10.6. The summed E-state index contributed by atoms with van der Waals surface area (Å²) in [4.78, 5) is 23.8. The SMILES string of the molecule is Cc1ccccc1C(=O)N(CCCc1ccccc1)CCS(=O)(=O)N1CCNCC1.O=C(O)C(F)(F)F. The van der Waals surface area contributed by atoms with Crippen molar-refractivity contribution in [3.8, 4) is 0 Å². The molecule has 2 aromatic rings. The van der Waals surface area contributed by atoms with Gasteiger partial charge in [-0.1, -0.05) is 48.5 Å². The first-order valence-corrected chi connectivity index (χ1v) is 13.4. The van der Waals surface area contributed by atoms with E-state index in [1.165, 1.54) is 9.87 Å². The van der Waals surface area contributed by atoms with Crippen LogP contribution < -0.4 is 5.32 Å². The number of hydrogen-bond acceptors (Lipinski definition) is 5. The second-order valence-electron chi connectivity index (χ2n) is 8.46. The van der Waals surface area contributed by atoms with Gasteiger partial charge in [-0.05, 0) is 37.0 Å². The number of aliphatic carboxylic acids is 1. The van der Waals surface area contributed by atoms with Gasteiger partial charge in [0.05, 0.1) is 5.75 Å². The Morgan fingerprint density at radius 1 is 1.00 bits per heavy atom. The number of alkyl halides is 3. The molecule has 1 aliphatic rings. The Kier molecular flexibility index (Phi) is 11.5. The third kappa shape index (κ3) is 10.1. The first kappa shape index (κ1) is 30.3. The molecule has 37 heavy (non-hydrogen) atoms. The van der Waals surface area contributed by atoms with Gasteiger partial charge in [-0.15, -0.1) is 0 Å². The minimum absolute atomic E-state index is 0.0457. The molecular weight excluding hydrogens is 511 g/mol. The van der Waals surface area contributed by atoms with Crippen LogP contribution in [0.4, 0.5) is 13.2 Å². The molecule has 0 saturated carbocycles. The van der Waals surface area contributed by atoms with E-state index in [2.05, 4.69) is 17.4 Å². The molecule has 2 aromatic carbocycles. The third-order valence-electron chi connectivity index (χ3n) is 5.73. The van der Waals surface area contributed by atoms with Crippen molar-refractivity contribution >= 4 is 21.9 Å². The summed E-state index contributed by atoms with van der Waals surface area (Å²) >= 11 is 0. The quantitative estimate of drug-likeness (QED) is 0.504. The molecule has 0 radical (unpaired) electrons. The highest BCUT2D eigenvalue weighted by molar-refractivity contribution is 7.89. The number of benzene rings is 2. The minimum atomic E-state index is -5.08. The molecule has 12 heteroatoms. The molecule has 1 fully saturated rings. The van der Waals surface area contributed by atoms with Crippen LogP contribution in [0.3, 0.4) is 0 Å². The van der Waals surface area contributed by atoms with Crippen molar-refractivity contribution in [2.45, 2.75) is 25.9 Å². The van der Waals surface area contributed by atoms with E-state index in [9.17, 15) is 26.4 Å². The Bertz CT molecular complexity index is 1120. The lowest BCUT2D eigenvalue weighted by atomic mass is 10.1. The van der Waals surface area contributed by atoms with Crippen LogP contribution in [0.1, 0.15) is 27.9 Å². The van der Waals surface area contributed by atoms with E-state index >= 15 is 0 Å². The van der Waals surface area contributed by atoms with Gasteiger partial charge in [0.1, 0.15) is 0 Å². The van der Waals surface area contributed by atoms with Gasteiger partial charge >= 0.3 is 12.1 Å². The lowest BCUT2D eigenvalue weighted by molar-refractivity contribution is -0.192. The van der Waals surface area contributed by atoms with E-state index in [0.29, 0.717) is 38.3 Å². The van der Waals surface area contributed by atoms with Gasteiger partial charge in [0.25, 0.3) is 5.91 Å². The van der Waals surface area contributed by atoms with Gasteiger partial charge in [0.2, 0.25) is 10.0 Å². The third-order valence-corrected chi connectivity index (χ3v) is 7.58. The molecule has 0 aromatic heterocycles. The molecular formula is C25H32F3N3O5S. The number of halogens is 3. The maximum Gasteiger partial charge on any atom is 0.490 e. The number of sulfonamides is 1. The highest BCUT2D eigenvalue weighted by Crippen LogP contribution is 2.14. The first-order valence-electron chi connectivity index (χ1n) is 11.8. The Morgan fingerprint density at radius 2 is 1.57 bits per heavy atom. The molecule has 0 atom stereocenters. The molecule has 2 N–H and O–H groups in total. The normalized spacial score (nSPS) is 14.4. The fraction of sp³-hybridized carbons (Fsp3) is 0.440. The van der Waals surface area contributed by atoms with Crippen molar-refractivity contribution in [2.75, 3.05) is 45.0 Å². The maximum absolute atomic E-state index is 13.2. The Hall–Kier alpha value is -2.96. The zero-order chi connectivity index (χ0) is 27.5. The number of aryl methyl sites for hydroxylation is 2. The van der Waals surface area contributed by atoms with E-state index in [0.717, 1.165) is 18.4 Å². The second kappa shape index (κ2) is 14.1. The summed E-state index contributed by atoms with van der Waals surface area (Å²) in [5, 5.41) is 10.3. The number of carboxylic acid groups (broad SMARTS) is 1. The number of nitrogens with one attached hydrogen (secondary N) is 1.